The van der Waals surface area contributed by atoms with Crippen LogP contribution in [0.3, 0.4) is 0 Å². The Morgan fingerprint density at radius 2 is 1.62 bits per heavy atom. The third-order valence-electron chi connectivity index (χ3n) is 5.90. The smallest absolute Gasteiger partial charge is 0.410 e. The number of nitrogens with one attached hydrogen (secondary N) is 1. The molecule has 3 amide bonds. The molecule has 1 heterocycles. The van der Waals surface area contributed by atoms with Crippen LogP contribution >= 0.6 is 0 Å². The van der Waals surface area contributed by atoms with E-state index in [9.17, 15) is 39.6 Å². The molecule has 1 unspecified atom stereocenters. The number of aliphatic hydroxyl groups is 3. The molecule has 0 aromatic heterocycles. The van der Waals surface area contributed by atoms with Crippen molar-refractivity contribution in [2.24, 2.45) is 5.73 Å². The maximum Gasteiger partial charge on any atom is 0.410 e. The zero-order valence-electron chi connectivity index (χ0n) is 24.2. The summed E-state index contributed by atoms with van der Waals surface area (Å²) in [6, 6.07) is 4.25. The number of rotatable bonds is 11. The van der Waals surface area contributed by atoms with Crippen molar-refractivity contribution in [2.75, 3.05) is 39.0 Å². The number of anilines is 1. The van der Waals surface area contributed by atoms with Gasteiger partial charge in [-0.25, -0.2) is 14.4 Å². The van der Waals surface area contributed by atoms with Crippen LogP contribution in [-0.2, 0) is 30.4 Å². The van der Waals surface area contributed by atoms with Crippen LogP contribution in [0.4, 0.5) is 15.3 Å². The van der Waals surface area contributed by atoms with Gasteiger partial charge >= 0.3 is 18.2 Å². The van der Waals surface area contributed by atoms with Crippen molar-refractivity contribution in [1.82, 2.24) is 9.80 Å². The van der Waals surface area contributed by atoms with Gasteiger partial charge in [0.2, 0.25) is 12.2 Å². The van der Waals surface area contributed by atoms with E-state index >= 15 is 0 Å². The Labute approximate surface area is 242 Å². The van der Waals surface area contributed by atoms with E-state index in [1.165, 1.54) is 35.0 Å². The number of nitrogens with zero attached hydrogens (tertiary/aromatic N) is 2. The van der Waals surface area contributed by atoms with Gasteiger partial charge in [0.25, 0.3) is 0 Å². The van der Waals surface area contributed by atoms with E-state index in [0.29, 0.717) is 5.56 Å². The molecule has 7 N–H and O–H groups in total. The minimum Gasteiger partial charge on any atom is -0.479 e. The molecule has 1 saturated heterocycles. The Kier molecular flexibility index (Phi) is 12.3. The Morgan fingerprint density at radius 3 is 2.19 bits per heavy atom. The first-order valence-electron chi connectivity index (χ1n) is 13.1. The average molecular weight is 601 g/mol. The SMILES string of the molecule is CN(CCN(C)C(=O)OC(C)(C)C)C(=O)OCc1ccc(O[C@@H]2OC(C(=O)O)[C@@H](O)[C@H](O)[C@H]2O)c(NC(=O)CCN)c1. The van der Waals surface area contributed by atoms with E-state index in [1.54, 1.807) is 27.8 Å². The van der Waals surface area contributed by atoms with E-state index in [4.69, 9.17) is 24.7 Å². The number of carbonyl (C=O) groups excluding carboxylic acids is 3. The molecule has 0 spiro atoms. The molecule has 0 saturated carbocycles. The maximum absolute atomic E-state index is 12.5. The van der Waals surface area contributed by atoms with Gasteiger partial charge in [-0.05, 0) is 38.5 Å². The summed E-state index contributed by atoms with van der Waals surface area (Å²) in [7, 11) is 3.03. The summed E-state index contributed by atoms with van der Waals surface area (Å²) < 4.78 is 21.3. The summed E-state index contributed by atoms with van der Waals surface area (Å²) >= 11 is 0. The predicted octanol–water partition coefficient (Wildman–Crippen LogP) is -0.320. The number of nitrogens with two attached hydrogens (primary N) is 1. The topological polar surface area (TPSA) is 231 Å². The van der Waals surface area contributed by atoms with Gasteiger partial charge in [0.1, 0.15) is 36.3 Å². The number of aliphatic hydroxyl groups excluding tert-OH is 3. The lowest BCUT2D eigenvalue weighted by atomic mass is 9.99. The van der Waals surface area contributed by atoms with Crippen LogP contribution in [0.15, 0.2) is 18.2 Å². The van der Waals surface area contributed by atoms with Crippen LogP contribution in [0.5, 0.6) is 5.75 Å². The molecular formula is C26H40N4O12. The maximum atomic E-state index is 12.5. The first-order valence-corrected chi connectivity index (χ1v) is 13.1. The van der Waals surface area contributed by atoms with Crippen molar-refractivity contribution in [1.29, 1.82) is 0 Å². The van der Waals surface area contributed by atoms with E-state index < -0.39 is 60.4 Å². The fourth-order valence-electron chi connectivity index (χ4n) is 3.56. The lowest BCUT2D eigenvalue weighted by Gasteiger charge is -2.38. The highest BCUT2D eigenvalue weighted by Crippen LogP contribution is 2.31. The molecular weight excluding hydrogens is 560 g/mol. The van der Waals surface area contributed by atoms with Gasteiger partial charge in [-0.15, -0.1) is 0 Å². The third kappa shape index (κ3) is 9.99. The molecule has 0 bridgehead atoms. The quantitative estimate of drug-likeness (QED) is 0.191. The molecule has 2 rings (SSSR count). The van der Waals surface area contributed by atoms with Crippen LogP contribution in [0.25, 0.3) is 0 Å². The second kappa shape index (κ2) is 15.0. The van der Waals surface area contributed by atoms with Crippen LogP contribution in [0.1, 0.15) is 32.8 Å². The lowest BCUT2D eigenvalue weighted by molar-refractivity contribution is -0.271. The number of benzene rings is 1. The largest absolute Gasteiger partial charge is 0.479 e. The van der Waals surface area contributed by atoms with Crippen molar-refractivity contribution in [2.45, 2.75) is 70.1 Å². The normalized spacial score (nSPS) is 22.1. The Hall–Kier alpha value is -3.70. The van der Waals surface area contributed by atoms with Crippen molar-refractivity contribution < 1.29 is 58.6 Å². The van der Waals surface area contributed by atoms with Gasteiger partial charge in [0.15, 0.2) is 6.10 Å². The molecule has 0 radical (unpaired) electrons. The standard InChI is InChI=1S/C26H40N4O12/c1-26(2,3)42-25(38)30(5)11-10-29(4)24(37)39-13-14-6-7-16(15(12-14)28-17(31)8-9-27)40-23-20(34)18(32)19(33)21(41-23)22(35)36/h6-7,12,18-21,23,32-34H,8-11,13,27H2,1-5H3,(H,28,31)(H,35,36)/t18-,19-,20+,21?,23+/m0/s1. The molecule has 16 nitrogen and oxygen atoms in total. The summed E-state index contributed by atoms with van der Waals surface area (Å²) in [6.45, 7) is 5.40. The number of likely N-dealkylation sites (N-methyl/N-ethyl adjacent to an activating group) is 2. The Morgan fingerprint density at radius 1 is 1.00 bits per heavy atom. The molecule has 16 heteroatoms. The highest BCUT2D eigenvalue weighted by atomic mass is 16.7. The molecule has 1 aliphatic rings. The van der Waals surface area contributed by atoms with Gasteiger partial charge in [-0.1, -0.05) is 6.07 Å². The summed E-state index contributed by atoms with van der Waals surface area (Å²) in [6.07, 6.45) is -10.5. The van der Waals surface area contributed by atoms with Crippen LogP contribution in [0.2, 0.25) is 0 Å². The van der Waals surface area contributed by atoms with Crippen molar-refractivity contribution in [3.63, 3.8) is 0 Å². The second-order valence-electron chi connectivity index (χ2n) is 10.6. The number of carboxylic acids is 1. The van der Waals surface area contributed by atoms with E-state index in [0.717, 1.165) is 0 Å². The van der Waals surface area contributed by atoms with Crippen molar-refractivity contribution >= 4 is 29.8 Å². The van der Waals surface area contributed by atoms with Crippen molar-refractivity contribution in [3.8, 4) is 5.75 Å². The van der Waals surface area contributed by atoms with Gasteiger partial charge in [-0.3, -0.25) is 4.79 Å². The summed E-state index contributed by atoms with van der Waals surface area (Å²) in [4.78, 5) is 50.9. The molecule has 1 aromatic carbocycles. The fourth-order valence-corrected chi connectivity index (χ4v) is 3.56. The Bertz CT molecular complexity index is 1110. The zero-order valence-corrected chi connectivity index (χ0v) is 24.2. The summed E-state index contributed by atoms with van der Waals surface area (Å²) in [5.41, 5.74) is 5.26. The predicted molar refractivity (Wildman–Crippen MR) is 145 cm³/mol. The molecule has 1 aliphatic heterocycles. The number of hydrogen-bond donors (Lipinski definition) is 6. The minimum absolute atomic E-state index is 0.0452. The molecule has 1 fully saturated rings. The second-order valence-corrected chi connectivity index (χ2v) is 10.6. The zero-order chi connectivity index (χ0) is 31.8. The summed E-state index contributed by atoms with van der Waals surface area (Å²) in [5, 5.41) is 42.1. The number of aliphatic carboxylic acids is 1. The van der Waals surface area contributed by atoms with E-state index in [1.807, 2.05) is 0 Å². The minimum atomic E-state index is -1.91. The van der Waals surface area contributed by atoms with Gasteiger partial charge in [-0.2, -0.15) is 0 Å². The van der Waals surface area contributed by atoms with Crippen LogP contribution < -0.4 is 15.8 Å². The number of carboxylic acid groups (broad SMARTS) is 1. The number of carbonyl (C=O) groups is 4. The van der Waals surface area contributed by atoms with Crippen LogP contribution in [-0.4, -0.2) is 124 Å². The highest BCUT2D eigenvalue weighted by molar-refractivity contribution is 5.92. The molecule has 42 heavy (non-hydrogen) atoms. The lowest BCUT2D eigenvalue weighted by Crippen LogP contribution is -2.61. The Balaban J connectivity index is 2.09. The van der Waals surface area contributed by atoms with Crippen LogP contribution in [0, 0.1) is 0 Å². The summed E-state index contributed by atoms with van der Waals surface area (Å²) in [5.74, 6) is -2.15. The molecule has 5 atom stereocenters. The van der Waals surface area contributed by atoms with E-state index in [-0.39, 0.29) is 44.1 Å². The van der Waals surface area contributed by atoms with Gasteiger partial charge in [0.05, 0.1) is 5.69 Å². The fraction of sp³-hybridized carbons (Fsp3) is 0.615. The first-order chi connectivity index (χ1) is 19.5. The number of amides is 3. The van der Waals surface area contributed by atoms with E-state index in [2.05, 4.69) is 5.32 Å². The average Bonchev–Trinajstić information content (AvgIpc) is 2.90. The van der Waals surface area contributed by atoms with Gasteiger partial charge in [0, 0.05) is 40.2 Å². The number of ether oxygens (including phenoxy) is 4. The molecule has 1 aromatic rings. The molecule has 236 valence electrons. The monoisotopic (exact) mass is 600 g/mol. The number of hydrogen-bond acceptors (Lipinski definition) is 12. The third-order valence-corrected chi connectivity index (χ3v) is 5.90. The first kappa shape index (κ1) is 34.5. The highest BCUT2D eigenvalue weighted by Gasteiger charge is 2.48. The van der Waals surface area contributed by atoms with Crippen molar-refractivity contribution in [3.05, 3.63) is 23.8 Å². The van der Waals surface area contributed by atoms with Gasteiger partial charge < -0.3 is 60.2 Å². The molecule has 0 aliphatic carbocycles.